The lowest BCUT2D eigenvalue weighted by Crippen LogP contribution is -2.21. The van der Waals surface area contributed by atoms with Crippen molar-refractivity contribution in [1.29, 1.82) is 0 Å². The summed E-state index contributed by atoms with van der Waals surface area (Å²) in [5.74, 6) is 0.906. The second-order valence-corrected chi connectivity index (χ2v) is 7.58. The zero-order valence-corrected chi connectivity index (χ0v) is 13.9. The number of sulfone groups is 1. The summed E-state index contributed by atoms with van der Waals surface area (Å²) in [6.45, 7) is 0. The zero-order valence-electron chi connectivity index (χ0n) is 13.1. The van der Waals surface area contributed by atoms with Crippen molar-refractivity contribution in [2.45, 2.75) is 12.8 Å². The maximum Gasteiger partial charge on any atom is 0.240 e. The third-order valence-corrected chi connectivity index (χ3v) is 5.46. The number of nitrogens with one attached hydrogen (secondary N) is 1. The maximum absolute atomic E-state index is 11.8. The number of nitrogens with zero attached hydrogens (tertiary/aromatic N) is 1. The SMILES string of the molecule is COc1cccc(/C=N\NC(=O)C[C@@H]2CCS(=O)(=O)C2)c1OC. The van der Waals surface area contributed by atoms with Crippen LogP contribution >= 0.6 is 0 Å². The first-order valence-electron chi connectivity index (χ1n) is 7.18. The van der Waals surface area contributed by atoms with E-state index in [2.05, 4.69) is 10.5 Å². The Labute approximate surface area is 135 Å². The van der Waals surface area contributed by atoms with Crippen molar-refractivity contribution in [3.8, 4) is 11.5 Å². The van der Waals surface area contributed by atoms with Crippen LogP contribution in [0.2, 0.25) is 0 Å². The molecular weight excluding hydrogens is 320 g/mol. The van der Waals surface area contributed by atoms with E-state index >= 15 is 0 Å². The molecule has 2 rings (SSSR count). The smallest absolute Gasteiger partial charge is 0.240 e. The van der Waals surface area contributed by atoms with Crippen molar-refractivity contribution >= 4 is 22.0 Å². The van der Waals surface area contributed by atoms with Gasteiger partial charge in [-0.3, -0.25) is 4.79 Å². The number of carbonyl (C=O) groups is 1. The summed E-state index contributed by atoms with van der Waals surface area (Å²) in [6.07, 6.45) is 2.15. The number of hydrogen-bond donors (Lipinski definition) is 1. The third kappa shape index (κ3) is 4.69. The summed E-state index contributed by atoms with van der Waals surface area (Å²) in [5.41, 5.74) is 3.08. The van der Waals surface area contributed by atoms with Crippen LogP contribution in [0.5, 0.6) is 11.5 Å². The van der Waals surface area contributed by atoms with E-state index < -0.39 is 9.84 Å². The van der Waals surface area contributed by atoms with E-state index in [1.807, 2.05) is 0 Å². The van der Waals surface area contributed by atoms with E-state index in [9.17, 15) is 13.2 Å². The molecular formula is C15H20N2O5S. The molecule has 1 amide bonds. The van der Waals surface area contributed by atoms with E-state index in [-0.39, 0.29) is 29.8 Å². The van der Waals surface area contributed by atoms with Crippen molar-refractivity contribution in [2.75, 3.05) is 25.7 Å². The molecule has 1 aliphatic rings. The molecule has 1 fully saturated rings. The molecule has 1 aliphatic heterocycles. The fourth-order valence-corrected chi connectivity index (χ4v) is 4.39. The van der Waals surface area contributed by atoms with Gasteiger partial charge in [0.2, 0.25) is 5.91 Å². The van der Waals surface area contributed by atoms with Crippen LogP contribution in [-0.4, -0.2) is 46.3 Å². The first-order valence-corrected chi connectivity index (χ1v) is 9.00. The highest BCUT2D eigenvalue weighted by Gasteiger charge is 2.29. The molecule has 0 unspecified atom stereocenters. The second-order valence-electron chi connectivity index (χ2n) is 5.35. The lowest BCUT2D eigenvalue weighted by atomic mass is 10.1. The molecule has 0 bridgehead atoms. The quantitative estimate of drug-likeness (QED) is 0.615. The van der Waals surface area contributed by atoms with E-state index in [0.717, 1.165) is 0 Å². The number of benzene rings is 1. The van der Waals surface area contributed by atoms with Crippen LogP contribution in [0, 0.1) is 5.92 Å². The van der Waals surface area contributed by atoms with Crippen molar-refractivity contribution < 1.29 is 22.7 Å². The molecule has 126 valence electrons. The summed E-state index contributed by atoms with van der Waals surface area (Å²) >= 11 is 0. The fraction of sp³-hybridized carbons (Fsp3) is 0.467. The number of methoxy groups -OCH3 is 2. The van der Waals surface area contributed by atoms with Crippen LogP contribution in [0.25, 0.3) is 0 Å². The van der Waals surface area contributed by atoms with Gasteiger partial charge in [-0.15, -0.1) is 0 Å². The second kappa shape index (κ2) is 7.45. The zero-order chi connectivity index (χ0) is 16.9. The van der Waals surface area contributed by atoms with E-state index in [1.165, 1.54) is 20.4 Å². The number of carbonyl (C=O) groups excluding carboxylic acids is 1. The van der Waals surface area contributed by atoms with E-state index in [1.54, 1.807) is 18.2 Å². The van der Waals surface area contributed by atoms with Gasteiger partial charge in [-0.05, 0) is 24.5 Å². The summed E-state index contributed by atoms with van der Waals surface area (Å²) in [4.78, 5) is 11.8. The molecule has 1 atom stereocenters. The average Bonchev–Trinajstić information content (AvgIpc) is 2.85. The number of hydrogen-bond acceptors (Lipinski definition) is 6. The monoisotopic (exact) mass is 340 g/mol. The topological polar surface area (TPSA) is 94.1 Å². The number of hydrazone groups is 1. The lowest BCUT2D eigenvalue weighted by molar-refractivity contribution is -0.121. The van der Waals surface area contributed by atoms with Gasteiger partial charge in [-0.2, -0.15) is 5.10 Å². The summed E-state index contributed by atoms with van der Waals surface area (Å²) < 4.78 is 33.2. The highest BCUT2D eigenvalue weighted by atomic mass is 32.2. The Morgan fingerprint density at radius 2 is 2.17 bits per heavy atom. The Balaban J connectivity index is 1.93. The van der Waals surface area contributed by atoms with Crippen LogP contribution in [0.15, 0.2) is 23.3 Å². The average molecular weight is 340 g/mol. The first kappa shape index (κ1) is 17.3. The number of rotatable bonds is 6. The molecule has 1 saturated heterocycles. The number of amides is 1. The molecule has 0 aromatic heterocycles. The largest absolute Gasteiger partial charge is 0.493 e. The molecule has 23 heavy (non-hydrogen) atoms. The Bertz CT molecular complexity index is 700. The lowest BCUT2D eigenvalue weighted by Gasteiger charge is -2.09. The Morgan fingerprint density at radius 3 is 2.78 bits per heavy atom. The van der Waals surface area contributed by atoms with Crippen LogP contribution in [0.3, 0.4) is 0 Å². The van der Waals surface area contributed by atoms with Gasteiger partial charge in [0, 0.05) is 12.0 Å². The van der Waals surface area contributed by atoms with Crippen LogP contribution in [0.1, 0.15) is 18.4 Å². The van der Waals surface area contributed by atoms with Gasteiger partial charge in [0.25, 0.3) is 0 Å². The Kier molecular flexibility index (Phi) is 5.59. The standard InChI is InChI=1S/C15H20N2O5S/c1-21-13-5-3-4-12(15(13)22-2)9-16-17-14(18)8-11-6-7-23(19,20)10-11/h3-5,9,11H,6-8,10H2,1-2H3,(H,17,18)/b16-9-/t11-/m0/s1. The summed E-state index contributed by atoms with van der Waals surface area (Å²) in [7, 11) is 0.0899. The fourth-order valence-electron chi connectivity index (χ4n) is 2.53. The molecule has 1 heterocycles. The number of ether oxygens (including phenoxy) is 2. The predicted molar refractivity (Wildman–Crippen MR) is 86.7 cm³/mol. The molecule has 0 spiro atoms. The van der Waals surface area contributed by atoms with Crippen molar-refractivity contribution in [3.63, 3.8) is 0 Å². The van der Waals surface area contributed by atoms with Crippen molar-refractivity contribution in [1.82, 2.24) is 5.43 Å². The molecule has 1 aromatic carbocycles. The van der Waals surface area contributed by atoms with Gasteiger partial charge in [0.15, 0.2) is 21.3 Å². The summed E-state index contributed by atoms with van der Waals surface area (Å²) in [5, 5.41) is 3.89. The van der Waals surface area contributed by atoms with Crippen LogP contribution < -0.4 is 14.9 Å². The highest BCUT2D eigenvalue weighted by molar-refractivity contribution is 7.91. The van der Waals surface area contributed by atoms with Gasteiger partial charge < -0.3 is 9.47 Å². The van der Waals surface area contributed by atoms with Gasteiger partial charge in [-0.1, -0.05) is 6.07 Å². The minimum absolute atomic E-state index is 0.0772. The molecule has 0 saturated carbocycles. The predicted octanol–water partition coefficient (Wildman–Crippen LogP) is 0.979. The van der Waals surface area contributed by atoms with Gasteiger partial charge in [0.05, 0.1) is 31.9 Å². The van der Waals surface area contributed by atoms with Gasteiger partial charge in [-0.25, -0.2) is 13.8 Å². The van der Waals surface area contributed by atoms with Crippen molar-refractivity contribution in [3.05, 3.63) is 23.8 Å². The third-order valence-electron chi connectivity index (χ3n) is 3.63. The van der Waals surface area contributed by atoms with Gasteiger partial charge in [0.1, 0.15) is 0 Å². The van der Waals surface area contributed by atoms with Crippen LogP contribution in [0.4, 0.5) is 0 Å². The molecule has 0 aliphatic carbocycles. The van der Waals surface area contributed by atoms with E-state index in [0.29, 0.717) is 23.5 Å². The Hall–Kier alpha value is -2.09. The summed E-state index contributed by atoms with van der Waals surface area (Å²) in [6, 6.07) is 5.32. The molecule has 8 heteroatoms. The molecule has 0 radical (unpaired) electrons. The highest BCUT2D eigenvalue weighted by Crippen LogP contribution is 2.29. The van der Waals surface area contributed by atoms with Crippen molar-refractivity contribution in [2.24, 2.45) is 11.0 Å². The van der Waals surface area contributed by atoms with Gasteiger partial charge >= 0.3 is 0 Å². The first-order chi connectivity index (χ1) is 10.9. The maximum atomic E-state index is 11.8. The van der Waals surface area contributed by atoms with Crippen LogP contribution in [-0.2, 0) is 14.6 Å². The number of para-hydroxylation sites is 1. The molecule has 7 nitrogen and oxygen atoms in total. The molecule has 1 aromatic rings. The minimum Gasteiger partial charge on any atom is -0.493 e. The minimum atomic E-state index is -2.97. The molecule has 1 N–H and O–H groups in total. The normalized spacial score (nSPS) is 19.7. The Morgan fingerprint density at radius 1 is 1.39 bits per heavy atom. The van der Waals surface area contributed by atoms with E-state index in [4.69, 9.17) is 9.47 Å².